The molecule has 2 N–H and O–H groups in total. The summed E-state index contributed by atoms with van der Waals surface area (Å²) in [5.41, 5.74) is 0.201. The standard InChI is InChI=1S/C18H21NO4/c1-12-13-8-4-5-9-14(13)23-15(12)16(20)19-18(17(21)22)10-6-2-3-7-11-18/h4-5,8-9H,2-3,6-7,10-11H2,1H3,(H,19,20)(H,21,22). The first-order valence-electron chi connectivity index (χ1n) is 8.07. The van der Waals surface area contributed by atoms with Gasteiger partial charge in [-0.2, -0.15) is 0 Å². The average Bonchev–Trinajstić information content (AvgIpc) is 2.72. The highest BCUT2D eigenvalue weighted by molar-refractivity contribution is 6.01. The Labute approximate surface area is 134 Å². The minimum absolute atomic E-state index is 0.205. The molecule has 3 rings (SSSR count). The van der Waals surface area contributed by atoms with Crippen LogP contribution >= 0.6 is 0 Å². The van der Waals surface area contributed by atoms with Gasteiger partial charge in [-0.15, -0.1) is 0 Å². The van der Waals surface area contributed by atoms with Crippen LogP contribution in [-0.2, 0) is 4.79 Å². The van der Waals surface area contributed by atoms with Crippen molar-refractivity contribution in [3.63, 3.8) is 0 Å². The lowest BCUT2D eigenvalue weighted by molar-refractivity contribution is -0.145. The van der Waals surface area contributed by atoms with Gasteiger partial charge in [0.2, 0.25) is 0 Å². The van der Waals surface area contributed by atoms with Crippen LogP contribution < -0.4 is 5.32 Å². The van der Waals surface area contributed by atoms with Crippen molar-refractivity contribution in [2.24, 2.45) is 0 Å². The second-order valence-corrected chi connectivity index (χ2v) is 6.31. The number of hydrogen-bond donors (Lipinski definition) is 2. The van der Waals surface area contributed by atoms with Crippen molar-refractivity contribution in [2.45, 2.75) is 51.0 Å². The highest BCUT2D eigenvalue weighted by atomic mass is 16.4. The van der Waals surface area contributed by atoms with Crippen LogP contribution in [-0.4, -0.2) is 22.5 Å². The number of furan rings is 1. The number of para-hydroxylation sites is 1. The van der Waals surface area contributed by atoms with E-state index in [-0.39, 0.29) is 5.76 Å². The molecule has 0 atom stereocenters. The number of aryl methyl sites for hydroxylation is 1. The molecule has 1 aromatic heterocycles. The fourth-order valence-electron chi connectivity index (χ4n) is 3.39. The van der Waals surface area contributed by atoms with E-state index in [1.54, 1.807) is 6.07 Å². The molecule has 2 aromatic rings. The molecule has 0 aliphatic heterocycles. The third kappa shape index (κ3) is 2.83. The summed E-state index contributed by atoms with van der Waals surface area (Å²) in [7, 11) is 0. The van der Waals surface area contributed by atoms with E-state index in [1.807, 2.05) is 25.1 Å². The molecule has 5 heteroatoms. The maximum Gasteiger partial charge on any atom is 0.329 e. The Bertz CT molecular complexity index is 739. The average molecular weight is 315 g/mol. The van der Waals surface area contributed by atoms with E-state index in [4.69, 9.17) is 4.42 Å². The number of amides is 1. The number of aliphatic carboxylic acids is 1. The first-order valence-corrected chi connectivity index (χ1v) is 8.07. The maximum absolute atomic E-state index is 12.7. The lowest BCUT2D eigenvalue weighted by atomic mass is 9.90. The van der Waals surface area contributed by atoms with Crippen molar-refractivity contribution in [1.82, 2.24) is 5.32 Å². The van der Waals surface area contributed by atoms with Crippen molar-refractivity contribution < 1.29 is 19.1 Å². The fraction of sp³-hybridized carbons (Fsp3) is 0.444. The Hall–Kier alpha value is -2.30. The van der Waals surface area contributed by atoms with Crippen molar-refractivity contribution in [3.8, 4) is 0 Å². The second-order valence-electron chi connectivity index (χ2n) is 6.31. The monoisotopic (exact) mass is 315 g/mol. The molecule has 1 aliphatic carbocycles. The molecular weight excluding hydrogens is 294 g/mol. The van der Waals surface area contributed by atoms with Crippen LogP contribution in [0.4, 0.5) is 0 Å². The molecule has 23 heavy (non-hydrogen) atoms. The Morgan fingerprint density at radius 1 is 1.13 bits per heavy atom. The van der Waals surface area contributed by atoms with E-state index in [0.717, 1.165) is 36.6 Å². The van der Waals surface area contributed by atoms with Crippen LogP contribution in [0.15, 0.2) is 28.7 Å². The van der Waals surface area contributed by atoms with Gasteiger partial charge in [0, 0.05) is 10.9 Å². The first-order chi connectivity index (χ1) is 11.0. The van der Waals surface area contributed by atoms with Crippen LogP contribution in [0.2, 0.25) is 0 Å². The minimum Gasteiger partial charge on any atom is -0.480 e. The molecule has 122 valence electrons. The summed E-state index contributed by atoms with van der Waals surface area (Å²) in [6, 6.07) is 7.43. The van der Waals surface area contributed by atoms with Crippen LogP contribution in [0.3, 0.4) is 0 Å². The van der Waals surface area contributed by atoms with E-state index >= 15 is 0 Å². The number of carboxylic acid groups (broad SMARTS) is 1. The molecule has 1 amide bonds. The van der Waals surface area contributed by atoms with E-state index in [2.05, 4.69) is 5.32 Å². The van der Waals surface area contributed by atoms with Crippen LogP contribution in [0.25, 0.3) is 11.0 Å². The summed E-state index contributed by atoms with van der Waals surface area (Å²) < 4.78 is 5.65. The highest BCUT2D eigenvalue weighted by Crippen LogP contribution is 2.30. The zero-order valence-corrected chi connectivity index (χ0v) is 13.2. The summed E-state index contributed by atoms with van der Waals surface area (Å²) in [5.74, 6) is -1.19. The van der Waals surface area contributed by atoms with Gasteiger partial charge < -0.3 is 14.8 Å². The number of hydrogen-bond acceptors (Lipinski definition) is 3. The molecular formula is C18H21NO4. The first kappa shape index (κ1) is 15.6. The van der Waals surface area contributed by atoms with E-state index in [0.29, 0.717) is 18.4 Å². The summed E-state index contributed by atoms with van der Waals surface area (Å²) in [4.78, 5) is 24.5. The van der Waals surface area contributed by atoms with Crippen molar-refractivity contribution in [3.05, 3.63) is 35.6 Å². The van der Waals surface area contributed by atoms with Crippen molar-refractivity contribution in [1.29, 1.82) is 0 Å². The number of carbonyl (C=O) groups is 2. The number of benzene rings is 1. The third-order valence-corrected chi connectivity index (χ3v) is 4.77. The third-order valence-electron chi connectivity index (χ3n) is 4.77. The normalized spacial score (nSPS) is 17.6. The van der Waals surface area contributed by atoms with E-state index in [1.165, 1.54) is 0 Å². The lowest BCUT2D eigenvalue weighted by Crippen LogP contribution is -2.54. The van der Waals surface area contributed by atoms with Gasteiger partial charge in [0.1, 0.15) is 11.1 Å². The minimum atomic E-state index is -1.18. The smallest absolute Gasteiger partial charge is 0.329 e. The molecule has 0 spiro atoms. The van der Waals surface area contributed by atoms with Gasteiger partial charge >= 0.3 is 5.97 Å². The number of carbonyl (C=O) groups excluding carboxylic acids is 1. The predicted octanol–water partition coefficient (Wildman–Crippen LogP) is 3.65. The topological polar surface area (TPSA) is 79.5 Å². The number of rotatable bonds is 3. The van der Waals surface area contributed by atoms with Gasteiger partial charge in [-0.3, -0.25) is 4.79 Å². The number of nitrogens with one attached hydrogen (secondary N) is 1. The zero-order valence-electron chi connectivity index (χ0n) is 13.2. The molecule has 0 unspecified atom stereocenters. The van der Waals surface area contributed by atoms with Crippen molar-refractivity contribution >= 4 is 22.8 Å². The van der Waals surface area contributed by atoms with Gasteiger partial charge in [0.15, 0.2) is 5.76 Å². The summed E-state index contributed by atoms with van der Waals surface area (Å²) in [6.07, 6.45) is 4.57. The van der Waals surface area contributed by atoms with Gasteiger partial charge in [0.05, 0.1) is 0 Å². The predicted molar refractivity (Wildman–Crippen MR) is 86.5 cm³/mol. The van der Waals surface area contributed by atoms with Crippen LogP contribution in [0, 0.1) is 6.92 Å². The maximum atomic E-state index is 12.7. The quantitative estimate of drug-likeness (QED) is 0.847. The Morgan fingerprint density at radius 3 is 2.39 bits per heavy atom. The Balaban J connectivity index is 1.91. The van der Waals surface area contributed by atoms with Crippen molar-refractivity contribution in [2.75, 3.05) is 0 Å². The van der Waals surface area contributed by atoms with Gasteiger partial charge in [-0.1, -0.05) is 43.9 Å². The van der Waals surface area contributed by atoms with E-state index in [9.17, 15) is 14.7 Å². The Kier molecular flexibility index (Phi) is 4.11. The van der Waals surface area contributed by atoms with Gasteiger partial charge in [-0.05, 0) is 25.8 Å². The number of fused-ring (bicyclic) bond motifs is 1. The lowest BCUT2D eigenvalue weighted by Gasteiger charge is -2.28. The summed E-state index contributed by atoms with van der Waals surface area (Å²) in [5, 5.41) is 13.3. The highest BCUT2D eigenvalue weighted by Gasteiger charge is 2.41. The van der Waals surface area contributed by atoms with Crippen LogP contribution in [0.1, 0.15) is 54.6 Å². The molecule has 1 aromatic carbocycles. The molecule has 0 bridgehead atoms. The Morgan fingerprint density at radius 2 is 1.78 bits per heavy atom. The zero-order chi connectivity index (χ0) is 16.4. The molecule has 1 saturated carbocycles. The molecule has 1 aliphatic rings. The number of carboxylic acids is 1. The van der Waals surface area contributed by atoms with Crippen LogP contribution in [0.5, 0.6) is 0 Å². The molecule has 1 fully saturated rings. The summed E-state index contributed by atoms with van der Waals surface area (Å²) >= 11 is 0. The summed E-state index contributed by atoms with van der Waals surface area (Å²) in [6.45, 7) is 1.82. The molecule has 1 heterocycles. The van der Waals surface area contributed by atoms with E-state index < -0.39 is 17.4 Å². The molecule has 0 radical (unpaired) electrons. The SMILES string of the molecule is Cc1c(C(=O)NC2(C(=O)O)CCCCCC2)oc2ccccc12. The largest absolute Gasteiger partial charge is 0.480 e. The van der Waals surface area contributed by atoms with Gasteiger partial charge in [0.25, 0.3) is 5.91 Å². The van der Waals surface area contributed by atoms with Gasteiger partial charge in [-0.25, -0.2) is 4.79 Å². The molecule has 5 nitrogen and oxygen atoms in total. The fourth-order valence-corrected chi connectivity index (χ4v) is 3.39. The molecule has 0 saturated heterocycles. The second kappa shape index (κ2) is 6.07.